The molecule has 0 saturated heterocycles. The monoisotopic (exact) mass is 333 g/mol. The van der Waals surface area contributed by atoms with Crippen molar-refractivity contribution in [3.05, 3.63) is 23.9 Å². The normalized spacial score (nSPS) is 10.7. The van der Waals surface area contributed by atoms with E-state index in [1.165, 1.54) is 0 Å². The van der Waals surface area contributed by atoms with Crippen LogP contribution in [0, 0.1) is 5.92 Å². The smallest absolute Gasteiger partial charge is 0.361 e. The van der Waals surface area contributed by atoms with Crippen LogP contribution in [0.15, 0.2) is 18.2 Å². The molecule has 1 N–H and O–H groups in total. The molecule has 7 heteroatoms. The molecular weight excluding hydrogens is 310 g/mol. The third-order valence-electron chi connectivity index (χ3n) is 3.41. The fraction of sp³-hybridized carbons (Fsp3) is 0.471. The molecule has 0 radical (unpaired) electrons. The number of ether oxygens (including phenoxy) is 3. The summed E-state index contributed by atoms with van der Waals surface area (Å²) in [5.41, 5.74) is 1.14. The number of esters is 1. The van der Waals surface area contributed by atoms with Gasteiger partial charge in [0.2, 0.25) is 0 Å². The molecule has 130 valence electrons. The van der Waals surface area contributed by atoms with Gasteiger partial charge in [0.1, 0.15) is 5.69 Å². The second kappa shape index (κ2) is 8.33. The summed E-state index contributed by atoms with van der Waals surface area (Å²) >= 11 is 0. The predicted molar refractivity (Wildman–Crippen MR) is 89.3 cm³/mol. The molecule has 0 amide bonds. The van der Waals surface area contributed by atoms with Gasteiger partial charge >= 0.3 is 5.97 Å². The Morgan fingerprint density at radius 3 is 2.75 bits per heavy atom. The first-order valence-corrected chi connectivity index (χ1v) is 7.96. The zero-order valence-corrected chi connectivity index (χ0v) is 14.5. The van der Waals surface area contributed by atoms with Crippen molar-refractivity contribution < 1.29 is 19.0 Å². The maximum atomic E-state index is 12.1. The minimum absolute atomic E-state index is 0.124. The van der Waals surface area contributed by atoms with Crippen LogP contribution in [0.3, 0.4) is 0 Å². The number of methoxy groups -OCH3 is 1. The van der Waals surface area contributed by atoms with Gasteiger partial charge in [0.05, 0.1) is 25.9 Å². The van der Waals surface area contributed by atoms with Gasteiger partial charge in [0.15, 0.2) is 17.2 Å². The summed E-state index contributed by atoms with van der Waals surface area (Å²) in [6.07, 6.45) is 0.904. The summed E-state index contributed by atoms with van der Waals surface area (Å²) in [4.78, 5) is 12.1. The van der Waals surface area contributed by atoms with Crippen molar-refractivity contribution in [3.63, 3.8) is 0 Å². The van der Waals surface area contributed by atoms with E-state index in [0.29, 0.717) is 35.3 Å². The molecule has 1 aromatic carbocycles. The molecule has 0 aliphatic carbocycles. The van der Waals surface area contributed by atoms with Crippen molar-refractivity contribution in [1.82, 2.24) is 15.4 Å². The standard InChI is InChI=1S/C17H23N3O4/c1-5-23-17(21)15-14(18-20-19-15)12-7-6-8-13(22-4)16(12)24-10-9-11(2)3/h6-8,11H,5,9-10H2,1-4H3,(H,18,19,20). The number of aromatic nitrogens is 3. The van der Waals surface area contributed by atoms with E-state index in [9.17, 15) is 4.79 Å². The average Bonchev–Trinajstić information content (AvgIpc) is 3.04. The molecule has 7 nitrogen and oxygen atoms in total. The van der Waals surface area contributed by atoms with Crippen LogP contribution in [-0.2, 0) is 4.74 Å². The average molecular weight is 333 g/mol. The molecule has 2 aromatic rings. The number of hydrogen-bond acceptors (Lipinski definition) is 6. The van der Waals surface area contributed by atoms with Crippen LogP contribution in [0.25, 0.3) is 11.3 Å². The van der Waals surface area contributed by atoms with E-state index in [1.807, 2.05) is 12.1 Å². The van der Waals surface area contributed by atoms with Gasteiger partial charge in [-0.1, -0.05) is 19.9 Å². The van der Waals surface area contributed by atoms with Gasteiger partial charge in [-0.2, -0.15) is 10.3 Å². The van der Waals surface area contributed by atoms with Gasteiger partial charge in [-0.05, 0) is 31.4 Å². The van der Waals surface area contributed by atoms with Gasteiger partial charge in [-0.3, -0.25) is 0 Å². The fourth-order valence-corrected chi connectivity index (χ4v) is 2.17. The first kappa shape index (κ1) is 17.8. The summed E-state index contributed by atoms with van der Waals surface area (Å²) in [5, 5.41) is 10.5. The van der Waals surface area contributed by atoms with Crippen molar-refractivity contribution in [1.29, 1.82) is 0 Å². The lowest BCUT2D eigenvalue weighted by Gasteiger charge is -2.15. The second-order valence-corrected chi connectivity index (χ2v) is 5.61. The molecule has 1 heterocycles. The number of benzene rings is 1. The molecule has 0 spiro atoms. The van der Waals surface area contributed by atoms with Gasteiger partial charge in [0.25, 0.3) is 0 Å². The number of aromatic amines is 1. The Morgan fingerprint density at radius 2 is 2.08 bits per heavy atom. The van der Waals surface area contributed by atoms with Crippen molar-refractivity contribution in [3.8, 4) is 22.8 Å². The third-order valence-corrected chi connectivity index (χ3v) is 3.41. The highest BCUT2D eigenvalue weighted by molar-refractivity contribution is 5.95. The maximum Gasteiger partial charge on any atom is 0.361 e. The zero-order chi connectivity index (χ0) is 17.5. The molecule has 0 aliphatic heterocycles. The van der Waals surface area contributed by atoms with Crippen LogP contribution in [0.1, 0.15) is 37.7 Å². The zero-order valence-electron chi connectivity index (χ0n) is 14.5. The quantitative estimate of drug-likeness (QED) is 0.747. The van der Waals surface area contributed by atoms with Crippen LogP contribution in [0.4, 0.5) is 0 Å². The SMILES string of the molecule is CCOC(=O)c1n[nH]nc1-c1cccc(OC)c1OCCC(C)C. The van der Waals surface area contributed by atoms with E-state index < -0.39 is 5.97 Å². The number of rotatable bonds is 8. The summed E-state index contributed by atoms with van der Waals surface area (Å²) in [6, 6.07) is 5.43. The Hall–Kier alpha value is -2.57. The lowest BCUT2D eigenvalue weighted by atomic mass is 10.1. The summed E-state index contributed by atoms with van der Waals surface area (Å²) in [5.74, 6) is 1.11. The minimum Gasteiger partial charge on any atom is -0.493 e. The van der Waals surface area contributed by atoms with E-state index in [-0.39, 0.29) is 12.3 Å². The Labute approximate surface area is 141 Å². The highest BCUT2D eigenvalue weighted by Crippen LogP contribution is 2.38. The third kappa shape index (κ3) is 4.04. The first-order chi connectivity index (χ1) is 11.6. The van der Waals surface area contributed by atoms with Crippen LogP contribution in [0.2, 0.25) is 0 Å². The number of carbonyl (C=O) groups excluding carboxylic acids is 1. The number of nitrogens with zero attached hydrogens (tertiary/aromatic N) is 2. The molecule has 0 unspecified atom stereocenters. The van der Waals surface area contributed by atoms with Crippen LogP contribution >= 0.6 is 0 Å². The number of nitrogens with one attached hydrogen (secondary N) is 1. The van der Waals surface area contributed by atoms with E-state index >= 15 is 0 Å². The molecule has 24 heavy (non-hydrogen) atoms. The molecule has 0 fully saturated rings. The maximum absolute atomic E-state index is 12.1. The van der Waals surface area contributed by atoms with Crippen LogP contribution < -0.4 is 9.47 Å². The molecule has 0 atom stereocenters. The summed E-state index contributed by atoms with van der Waals surface area (Å²) < 4.78 is 16.3. The molecule has 1 aromatic heterocycles. The van der Waals surface area contributed by atoms with Crippen molar-refractivity contribution in [2.24, 2.45) is 5.92 Å². The number of para-hydroxylation sites is 1. The largest absolute Gasteiger partial charge is 0.493 e. The van der Waals surface area contributed by atoms with E-state index in [0.717, 1.165) is 6.42 Å². The highest BCUT2D eigenvalue weighted by atomic mass is 16.5. The van der Waals surface area contributed by atoms with Gasteiger partial charge in [-0.25, -0.2) is 4.79 Å². The molecule has 0 aliphatic rings. The molecule has 2 rings (SSSR count). The fourth-order valence-electron chi connectivity index (χ4n) is 2.17. The number of H-pyrrole nitrogens is 1. The van der Waals surface area contributed by atoms with E-state index in [1.54, 1.807) is 20.1 Å². The van der Waals surface area contributed by atoms with Crippen LogP contribution in [-0.4, -0.2) is 41.7 Å². The number of carbonyl (C=O) groups is 1. The van der Waals surface area contributed by atoms with Gasteiger partial charge in [-0.15, -0.1) is 5.10 Å². The Balaban J connectivity index is 2.40. The first-order valence-electron chi connectivity index (χ1n) is 7.96. The lowest BCUT2D eigenvalue weighted by molar-refractivity contribution is 0.0520. The second-order valence-electron chi connectivity index (χ2n) is 5.61. The van der Waals surface area contributed by atoms with Crippen molar-refractivity contribution in [2.45, 2.75) is 27.2 Å². The minimum atomic E-state index is -0.530. The highest BCUT2D eigenvalue weighted by Gasteiger charge is 2.23. The predicted octanol–water partition coefficient (Wildman–Crippen LogP) is 3.08. The molecular formula is C17H23N3O4. The van der Waals surface area contributed by atoms with Gasteiger partial charge in [0, 0.05) is 0 Å². The molecule has 0 bridgehead atoms. The molecule has 0 saturated carbocycles. The Kier molecular flexibility index (Phi) is 6.17. The topological polar surface area (TPSA) is 86.3 Å². The van der Waals surface area contributed by atoms with Gasteiger partial charge < -0.3 is 14.2 Å². The van der Waals surface area contributed by atoms with Crippen LogP contribution in [0.5, 0.6) is 11.5 Å². The Bertz CT molecular complexity index is 682. The van der Waals surface area contributed by atoms with Crippen molar-refractivity contribution >= 4 is 5.97 Å². The van der Waals surface area contributed by atoms with E-state index in [4.69, 9.17) is 14.2 Å². The summed E-state index contributed by atoms with van der Waals surface area (Å²) in [6.45, 7) is 6.80. The summed E-state index contributed by atoms with van der Waals surface area (Å²) in [7, 11) is 1.57. The van der Waals surface area contributed by atoms with Crippen molar-refractivity contribution in [2.75, 3.05) is 20.3 Å². The Morgan fingerprint density at radius 1 is 1.29 bits per heavy atom. The number of hydrogen-bond donors (Lipinski definition) is 1. The van der Waals surface area contributed by atoms with E-state index in [2.05, 4.69) is 29.3 Å². The lowest BCUT2D eigenvalue weighted by Crippen LogP contribution is -2.08.